The van der Waals surface area contributed by atoms with Crippen LogP contribution in [0.2, 0.25) is 5.02 Å². The van der Waals surface area contributed by atoms with E-state index >= 15 is 0 Å². The van der Waals surface area contributed by atoms with Crippen molar-refractivity contribution in [1.29, 1.82) is 0 Å². The molecule has 3 aromatic rings. The molecule has 4 nitrogen and oxygen atoms in total. The maximum Gasteiger partial charge on any atom is 0.273 e. The number of carbonyl (C=O) groups is 1. The molecule has 5 heteroatoms. The van der Waals surface area contributed by atoms with Gasteiger partial charge in [0.2, 0.25) is 0 Å². The summed E-state index contributed by atoms with van der Waals surface area (Å²) in [5.74, 6) is -0.0178. The van der Waals surface area contributed by atoms with Gasteiger partial charge >= 0.3 is 0 Å². The van der Waals surface area contributed by atoms with Crippen LogP contribution in [0.5, 0.6) is 0 Å². The lowest BCUT2D eigenvalue weighted by Gasteiger charge is -2.37. The van der Waals surface area contributed by atoms with Gasteiger partial charge in [0.05, 0.1) is 11.7 Å². The summed E-state index contributed by atoms with van der Waals surface area (Å²) in [5, 5.41) is 8.14. The number of benzene rings is 2. The van der Waals surface area contributed by atoms with E-state index < -0.39 is 0 Å². The van der Waals surface area contributed by atoms with E-state index in [2.05, 4.69) is 62.2 Å². The number of halogens is 1. The molecule has 1 atom stereocenters. The van der Waals surface area contributed by atoms with E-state index in [1.165, 1.54) is 5.56 Å². The first-order valence-electron chi connectivity index (χ1n) is 9.02. The molecule has 0 radical (unpaired) electrons. The molecule has 0 bridgehead atoms. The Morgan fingerprint density at radius 2 is 1.67 bits per heavy atom. The van der Waals surface area contributed by atoms with Crippen molar-refractivity contribution in [2.75, 3.05) is 0 Å². The van der Waals surface area contributed by atoms with Crippen molar-refractivity contribution in [1.82, 2.24) is 15.1 Å². The summed E-state index contributed by atoms with van der Waals surface area (Å²) in [4.78, 5) is 15.2. The standard InChI is InChI=1S/C22H22ClN3O/c1-13-5-7-15(8-6-13)20-17-18(14-9-11-16(23)12-10-14)24-25-19(17)21(27)26(20)22(2,3)4/h5-12,20H,1-4H3,(H,24,25). The fourth-order valence-electron chi connectivity index (χ4n) is 3.73. The van der Waals surface area contributed by atoms with Gasteiger partial charge in [-0.3, -0.25) is 9.89 Å². The Kier molecular flexibility index (Phi) is 4.11. The summed E-state index contributed by atoms with van der Waals surface area (Å²) in [7, 11) is 0. The smallest absolute Gasteiger partial charge is 0.273 e. The van der Waals surface area contributed by atoms with Crippen molar-refractivity contribution in [2.24, 2.45) is 0 Å². The Labute approximate surface area is 164 Å². The van der Waals surface area contributed by atoms with Gasteiger partial charge in [0.15, 0.2) is 0 Å². The van der Waals surface area contributed by atoms with Gasteiger partial charge in [0.1, 0.15) is 5.69 Å². The van der Waals surface area contributed by atoms with Crippen LogP contribution < -0.4 is 0 Å². The topological polar surface area (TPSA) is 49.0 Å². The molecule has 1 aliphatic heterocycles. The zero-order valence-electron chi connectivity index (χ0n) is 15.9. The normalized spacial score (nSPS) is 16.7. The predicted molar refractivity (Wildman–Crippen MR) is 108 cm³/mol. The van der Waals surface area contributed by atoms with Crippen molar-refractivity contribution in [2.45, 2.75) is 39.3 Å². The zero-order chi connectivity index (χ0) is 19.3. The minimum atomic E-state index is -0.330. The quantitative estimate of drug-likeness (QED) is 0.649. The first kappa shape index (κ1) is 17.8. The first-order valence-corrected chi connectivity index (χ1v) is 9.39. The second kappa shape index (κ2) is 6.24. The summed E-state index contributed by atoms with van der Waals surface area (Å²) in [6.45, 7) is 8.25. The highest BCUT2D eigenvalue weighted by atomic mass is 35.5. The molecule has 27 heavy (non-hydrogen) atoms. The molecule has 0 saturated heterocycles. The SMILES string of the molecule is Cc1ccc(C2c3c(-c4ccc(Cl)cc4)n[nH]c3C(=O)N2C(C)(C)C)cc1. The molecule has 1 N–H and O–H groups in total. The number of fused-ring (bicyclic) bond motifs is 1. The Bertz CT molecular complexity index is 998. The van der Waals surface area contributed by atoms with E-state index in [9.17, 15) is 4.79 Å². The van der Waals surface area contributed by atoms with Crippen molar-refractivity contribution < 1.29 is 4.79 Å². The van der Waals surface area contributed by atoms with Crippen molar-refractivity contribution in [3.8, 4) is 11.3 Å². The highest BCUT2D eigenvalue weighted by Crippen LogP contribution is 2.45. The summed E-state index contributed by atoms with van der Waals surface area (Å²) < 4.78 is 0. The molecule has 0 fully saturated rings. The second-order valence-corrected chi connectivity index (χ2v) is 8.46. The van der Waals surface area contributed by atoms with Crippen molar-refractivity contribution in [3.05, 3.63) is 75.9 Å². The van der Waals surface area contributed by atoms with Gasteiger partial charge in [-0.05, 0) is 45.4 Å². The van der Waals surface area contributed by atoms with Gasteiger partial charge in [-0.15, -0.1) is 0 Å². The van der Waals surface area contributed by atoms with E-state index in [0.717, 1.165) is 22.4 Å². The number of nitrogens with one attached hydrogen (secondary N) is 1. The zero-order valence-corrected chi connectivity index (χ0v) is 16.6. The largest absolute Gasteiger partial charge is 0.321 e. The molecule has 0 aliphatic carbocycles. The fraction of sp³-hybridized carbons (Fsp3) is 0.273. The second-order valence-electron chi connectivity index (χ2n) is 8.03. The van der Waals surface area contributed by atoms with Crippen LogP contribution in [0.1, 0.15) is 54.0 Å². The maximum atomic E-state index is 13.2. The molecule has 2 aromatic carbocycles. The Morgan fingerprint density at radius 1 is 1.04 bits per heavy atom. The molecule has 1 amide bonds. The lowest BCUT2D eigenvalue weighted by atomic mass is 9.93. The number of aromatic nitrogens is 2. The molecular formula is C22H22ClN3O. The van der Waals surface area contributed by atoms with E-state index in [0.29, 0.717) is 10.7 Å². The van der Waals surface area contributed by atoms with Gasteiger partial charge in [0, 0.05) is 21.7 Å². The number of amides is 1. The molecule has 138 valence electrons. The number of aromatic amines is 1. The third-order valence-corrected chi connectivity index (χ3v) is 5.25. The Hall–Kier alpha value is -2.59. The summed E-state index contributed by atoms with van der Waals surface area (Å²) in [6, 6.07) is 15.7. The summed E-state index contributed by atoms with van der Waals surface area (Å²) in [6.07, 6.45) is 0. The van der Waals surface area contributed by atoms with Crippen LogP contribution >= 0.6 is 11.6 Å². The van der Waals surface area contributed by atoms with Crippen LogP contribution in [0, 0.1) is 6.92 Å². The number of aryl methyl sites for hydroxylation is 1. The molecular weight excluding hydrogens is 358 g/mol. The first-order chi connectivity index (χ1) is 12.8. The van der Waals surface area contributed by atoms with E-state index in [4.69, 9.17) is 11.6 Å². The number of H-pyrrole nitrogens is 1. The van der Waals surface area contributed by atoms with Crippen LogP contribution in [0.15, 0.2) is 48.5 Å². The highest BCUT2D eigenvalue weighted by molar-refractivity contribution is 6.30. The van der Waals surface area contributed by atoms with Crippen LogP contribution in [0.3, 0.4) is 0 Å². The third-order valence-electron chi connectivity index (χ3n) is 5.00. The van der Waals surface area contributed by atoms with E-state index in [-0.39, 0.29) is 17.5 Å². The van der Waals surface area contributed by atoms with Crippen molar-refractivity contribution in [3.63, 3.8) is 0 Å². The molecule has 0 spiro atoms. The monoisotopic (exact) mass is 379 g/mol. The minimum absolute atomic E-state index is 0.0178. The average molecular weight is 380 g/mol. The van der Waals surface area contributed by atoms with Crippen LogP contribution in [0.4, 0.5) is 0 Å². The predicted octanol–water partition coefficient (Wildman–Crippen LogP) is 5.38. The highest BCUT2D eigenvalue weighted by Gasteiger charge is 2.46. The molecule has 1 aliphatic rings. The van der Waals surface area contributed by atoms with E-state index in [1.54, 1.807) is 0 Å². The third kappa shape index (κ3) is 2.94. The van der Waals surface area contributed by atoms with E-state index in [1.807, 2.05) is 29.2 Å². The lowest BCUT2D eigenvalue weighted by molar-refractivity contribution is 0.0546. The number of rotatable bonds is 2. The summed E-state index contributed by atoms with van der Waals surface area (Å²) >= 11 is 6.05. The Balaban J connectivity index is 1.93. The van der Waals surface area contributed by atoms with Crippen LogP contribution in [0.25, 0.3) is 11.3 Å². The van der Waals surface area contributed by atoms with Crippen LogP contribution in [-0.4, -0.2) is 26.5 Å². The van der Waals surface area contributed by atoms with Gasteiger partial charge in [0.25, 0.3) is 5.91 Å². The van der Waals surface area contributed by atoms with Gasteiger partial charge in [-0.2, -0.15) is 5.10 Å². The van der Waals surface area contributed by atoms with Gasteiger partial charge in [-0.1, -0.05) is 53.6 Å². The molecule has 4 rings (SSSR count). The number of carbonyl (C=O) groups excluding carboxylic acids is 1. The minimum Gasteiger partial charge on any atom is -0.321 e. The maximum absolute atomic E-state index is 13.2. The number of hydrogen-bond donors (Lipinski definition) is 1. The van der Waals surface area contributed by atoms with Gasteiger partial charge in [-0.25, -0.2) is 0 Å². The lowest BCUT2D eigenvalue weighted by Crippen LogP contribution is -2.44. The number of nitrogens with zero attached hydrogens (tertiary/aromatic N) is 2. The number of hydrogen-bond acceptors (Lipinski definition) is 2. The van der Waals surface area contributed by atoms with Crippen molar-refractivity contribution >= 4 is 17.5 Å². The summed E-state index contributed by atoms with van der Waals surface area (Å²) in [5.41, 5.74) is 5.19. The Morgan fingerprint density at radius 3 is 2.26 bits per heavy atom. The molecule has 1 unspecified atom stereocenters. The molecule has 0 saturated carbocycles. The molecule has 1 aromatic heterocycles. The average Bonchev–Trinajstić information content (AvgIpc) is 3.15. The van der Waals surface area contributed by atoms with Gasteiger partial charge < -0.3 is 4.90 Å². The molecule has 2 heterocycles. The van der Waals surface area contributed by atoms with Crippen LogP contribution in [-0.2, 0) is 0 Å². The fourth-order valence-corrected chi connectivity index (χ4v) is 3.86.